The summed E-state index contributed by atoms with van der Waals surface area (Å²) < 4.78 is 11.4. The fraction of sp³-hybridized carbons (Fsp3) is 1.00. The van der Waals surface area contributed by atoms with E-state index in [1.54, 1.807) is 0 Å². The van der Waals surface area contributed by atoms with Crippen LogP contribution < -0.4 is 0 Å². The summed E-state index contributed by atoms with van der Waals surface area (Å²) in [5, 5.41) is 17.2. The topological polar surface area (TPSA) is 40.1 Å². The molecule has 3 heteroatoms. The monoisotopic (exact) mass is 93.0 g/mol. The van der Waals surface area contributed by atoms with E-state index in [1.807, 2.05) is 0 Å². The van der Waals surface area contributed by atoms with Crippen LogP contribution in [0.4, 0.5) is 4.39 Å². The Morgan fingerprint density at radius 3 is 2.17 bits per heavy atom. The summed E-state index contributed by atoms with van der Waals surface area (Å²) in [6.45, 7) is -0.271. The van der Waals surface area contributed by atoms with Crippen molar-refractivity contribution in [1.82, 2.24) is 0 Å². The first-order valence-corrected chi connectivity index (χ1v) is 1.55. The molecule has 0 aromatic heterocycles. The first kappa shape index (κ1) is 5.85. The molecular formula is C3H6FO2. The maximum atomic E-state index is 11.4. The first-order valence-electron chi connectivity index (χ1n) is 1.55. The van der Waals surface area contributed by atoms with Gasteiger partial charge in [-0.15, -0.1) is 0 Å². The van der Waals surface area contributed by atoms with Gasteiger partial charge in [0.25, 0.3) is 0 Å². The maximum Gasteiger partial charge on any atom is 0.230 e. The summed E-state index contributed by atoms with van der Waals surface area (Å²) in [5.41, 5.74) is 0. The smallest absolute Gasteiger partial charge is 0.230 e. The van der Waals surface area contributed by atoms with E-state index in [0.29, 0.717) is 0 Å². The molecule has 0 amide bonds. The Hall–Kier alpha value is -0.150. The van der Waals surface area contributed by atoms with Crippen LogP contribution in [0.5, 0.6) is 0 Å². The van der Waals surface area contributed by atoms with Gasteiger partial charge in [-0.05, 0) is 6.92 Å². The van der Waals surface area contributed by atoms with Crippen molar-refractivity contribution in [3.05, 3.63) is 0 Å². The zero-order valence-electron chi connectivity index (χ0n) is 3.44. The van der Waals surface area contributed by atoms with Crippen molar-refractivity contribution in [2.75, 3.05) is 6.61 Å². The lowest BCUT2D eigenvalue weighted by atomic mass is 10.4. The molecule has 0 fully saturated rings. The van der Waals surface area contributed by atoms with Gasteiger partial charge in [-0.25, -0.2) is 9.50 Å². The average molecular weight is 93.1 g/mol. The second kappa shape index (κ2) is 1.53. The molecule has 1 unspecified atom stereocenters. The van der Waals surface area contributed by atoms with Crippen LogP contribution in [-0.2, 0) is 5.11 Å². The largest absolute Gasteiger partial charge is 0.360 e. The van der Waals surface area contributed by atoms with Crippen molar-refractivity contribution in [2.24, 2.45) is 0 Å². The number of rotatable bonds is 1. The summed E-state index contributed by atoms with van der Waals surface area (Å²) in [4.78, 5) is 0. The van der Waals surface area contributed by atoms with Crippen LogP contribution in [0.1, 0.15) is 6.92 Å². The van der Waals surface area contributed by atoms with E-state index in [1.165, 1.54) is 0 Å². The van der Waals surface area contributed by atoms with E-state index in [-0.39, 0.29) is 0 Å². The van der Waals surface area contributed by atoms with Gasteiger partial charge in [0.15, 0.2) is 0 Å². The lowest BCUT2D eigenvalue weighted by Crippen LogP contribution is -2.20. The third-order valence-corrected chi connectivity index (χ3v) is 0.263. The van der Waals surface area contributed by atoms with Crippen LogP contribution in [0.25, 0.3) is 0 Å². The molecule has 0 bridgehead atoms. The predicted molar refractivity (Wildman–Crippen MR) is 17.3 cm³/mol. The Bertz CT molecular complexity index is 38.5. The van der Waals surface area contributed by atoms with Gasteiger partial charge in [0.1, 0.15) is 6.61 Å². The summed E-state index contributed by atoms with van der Waals surface area (Å²) >= 11 is 0. The molecule has 0 rings (SSSR count). The zero-order valence-corrected chi connectivity index (χ0v) is 3.44. The van der Waals surface area contributed by atoms with Crippen molar-refractivity contribution < 1.29 is 14.6 Å². The molecule has 0 saturated carbocycles. The van der Waals surface area contributed by atoms with Crippen LogP contribution in [0.3, 0.4) is 0 Å². The van der Waals surface area contributed by atoms with E-state index >= 15 is 0 Å². The molecule has 0 aromatic rings. The first-order chi connectivity index (χ1) is 2.56. The molecule has 0 aliphatic carbocycles. The van der Waals surface area contributed by atoms with Gasteiger partial charge in [0.2, 0.25) is 5.85 Å². The molecule has 6 heavy (non-hydrogen) atoms. The molecule has 2 nitrogen and oxygen atoms in total. The van der Waals surface area contributed by atoms with Crippen molar-refractivity contribution >= 4 is 0 Å². The molecule has 1 atom stereocenters. The third-order valence-electron chi connectivity index (χ3n) is 0.263. The Labute approximate surface area is 35.2 Å². The van der Waals surface area contributed by atoms with Crippen molar-refractivity contribution in [2.45, 2.75) is 12.8 Å². The minimum atomic E-state index is -2.51. The van der Waals surface area contributed by atoms with E-state index in [2.05, 4.69) is 0 Å². The fourth-order valence-electron chi connectivity index (χ4n) is 0. The normalized spacial score (nSPS) is 20.0. The molecule has 0 aromatic carbocycles. The number of aliphatic hydroxyl groups is 1. The molecule has 0 spiro atoms. The summed E-state index contributed by atoms with van der Waals surface area (Å²) in [7, 11) is 0. The lowest BCUT2D eigenvalue weighted by Gasteiger charge is -2.03. The number of alkyl halides is 1. The quantitative estimate of drug-likeness (QED) is 0.490. The average Bonchev–Trinajstić information content (AvgIpc) is 1.35. The van der Waals surface area contributed by atoms with Gasteiger partial charge in [-0.1, -0.05) is 0 Å². The fourth-order valence-corrected chi connectivity index (χ4v) is 0. The Morgan fingerprint density at radius 1 is 2.00 bits per heavy atom. The molecule has 0 aliphatic heterocycles. The minimum Gasteiger partial charge on any atom is -0.360 e. The Kier molecular flexibility index (Phi) is 1.49. The lowest BCUT2D eigenvalue weighted by molar-refractivity contribution is -0.123. The van der Waals surface area contributed by atoms with E-state index in [0.717, 1.165) is 6.92 Å². The highest BCUT2D eigenvalue weighted by Gasteiger charge is 2.15. The van der Waals surface area contributed by atoms with E-state index in [4.69, 9.17) is 5.11 Å². The molecule has 0 heterocycles. The highest BCUT2D eigenvalue weighted by atomic mass is 19.2. The molecule has 0 aliphatic rings. The predicted octanol–water partition coefficient (Wildman–Crippen LogP) is 0.0949. The van der Waals surface area contributed by atoms with Crippen LogP contribution in [0, 0.1) is 0 Å². The van der Waals surface area contributed by atoms with Gasteiger partial charge < -0.3 is 5.11 Å². The number of halogens is 1. The van der Waals surface area contributed by atoms with Gasteiger partial charge >= 0.3 is 0 Å². The van der Waals surface area contributed by atoms with Crippen LogP contribution in [0.2, 0.25) is 0 Å². The molecule has 0 saturated heterocycles. The highest BCUT2D eigenvalue weighted by Crippen LogP contribution is 1.99. The van der Waals surface area contributed by atoms with Gasteiger partial charge in [-0.3, -0.25) is 0 Å². The Balaban J connectivity index is 3.17. The molecule has 37 valence electrons. The van der Waals surface area contributed by atoms with Gasteiger partial charge in [0.05, 0.1) is 0 Å². The van der Waals surface area contributed by atoms with Gasteiger partial charge in [-0.2, -0.15) is 0 Å². The maximum absolute atomic E-state index is 11.4. The van der Waals surface area contributed by atoms with E-state index in [9.17, 15) is 9.50 Å². The zero-order chi connectivity index (χ0) is 5.21. The number of hydrogen-bond acceptors (Lipinski definition) is 1. The summed E-state index contributed by atoms with van der Waals surface area (Å²) in [6.07, 6.45) is 0. The van der Waals surface area contributed by atoms with Crippen LogP contribution >= 0.6 is 0 Å². The highest BCUT2D eigenvalue weighted by molar-refractivity contribution is 4.49. The molecule has 1 radical (unpaired) electrons. The second-order valence-corrected chi connectivity index (χ2v) is 1.29. The Morgan fingerprint density at radius 2 is 2.17 bits per heavy atom. The van der Waals surface area contributed by atoms with Crippen molar-refractivity contribution in [1.29, 1.82) is 0 Å². The second-order valence-electron chi connectivity index (χ2n) is 1.29. The van der Waals surface area contributed by atoms with Crippen LogP contribution in [0.15, 0.2) is 0 Å². The van der Waals surface area contributed by atoms with E-state index < -0.39 is 12.5 Å². The standard InChI is InChI=1S/C3H6FO2/c1-3(4,6)2-5/h6H,2H2,1H3. The van der Waals surface area contributed by atoms with Gasteiger partial charge in [0, 0.05) is 0 Å². The van der Waals surface area contributed by atoms with Crippen molar-refractivity contribution in [3.63, 3.8) is 0 Å². The minimum absolute atomic E-state index is 0.819. The van der Waals surface area contributed by atoms with Crippen molar-refractivity contribution in [3.8, 4) is 0 Å². The molecule has 1 N–H and O–H groups in total. The van der Waals surface area contributed by atoms with Crippen LogP contribution in [-0.4, -0.2) is 17.6 Å². The summed E-state index contributed by atoms with van der Waals surface area (Å²) in [5.74, 6) is -2.51. The summed E-state index contributed by atoms with van der Waals surface area (Å²) in [6, 6.07) is 0. The third kappa shape index (κ3) is 3.85. The number of hydrogen-bond donors (Lipinski definition) is 1. The molecular weight excluding hydrogens is 87.0 g/mol. The SMILES string of the molecule is CC(O)(F)C[O].